The summed E-state index contributed by atoms with van der Waals surface area (Å²) in [6.45, 7) is 5.04. The number of carbonyl (C=O) groups excluding carboxylic acids is 2. The Morgan fingerprint density at radius 2 is 0.906 bits per heavy atom. The Labute approximate surface area is 329 Å². The summed E-state index contributed by atoms with van der Waals surface area (Å²) in [6.07, 6.45) is -2.08. The van der Waals surface area contributed by atoms with Crippen LogP contribution in [-0.2, 0) is 14.3 Å². The molecule has 4 aromatic rings. The summed E-state index contributed by atoms with van der Waals surface area (Å²) in [4.78, 5) is 44.6. The fourth-order valence-corrected chi connectivity index (χ4v) is 6.97. The molecule has 2 heterocycles. The minimum absolute atomic E-state index is 0.0132. The molecule has 0 saturated carbocycles. The minimum Gasteiger partial charge on any atom is -0.465 e. The number of carbonyl (C=O) groups is 3. The number of amides is 3. The fraction of sp³-hybridized carbons (Fsp3) is 0.308. The zero-order valence-corrected chi connectivity index (χ0v) is 31.9. The summed E-state index contributed by atoms with van der Waals surface area (Å²) in [5.74, 6) is 0.0263. The summed E-state index contributed by atoms with van der Waals surface area (Å²) in [7, 11) is 0. The Balaban J connectivity index is 0.00000129. The van der Waals surface area contributed by atoms with E-state index in [0.717, 1.165) is 22.5 Å². The zero-order valence-electron chi connectivity index (χ0n) is 28.9. The predicted molar refractivity (Wildman–Crippen MR) is 211 cm³/mol. The molecule has 0 radical (unpaired) electrons. The lowest BCUT2D eigenvalue weighted by atomic mass is 10.0. The van der Waals surface area contributed by atoms with E-state index in [2.05, 4.69) is 15.5 Å². The number of nitrogens with two attached hydrogens (primary N) is 1. The molecule has 53 heavy (non-hydrogen) atoms. The quantitative estimate of drug-likeness (QED) is 0.166. The predicted octanol–water partition coefficient (Wildman–Crippen LogP) is 8.20. The molecule has 6 rings (SSSR count). The molecule has 280 valence electrons. The molecule has 2 atom stereocenters. The number of ether oxygens (including phenoxy) is 1. The van der Waals surface area contributed by atoms with E-state index in [-0.39, 0.29) is 24.7 Å². The summed E-state index contributed by atoms with van der Waals surface area (Å²) >= 11 is 24.7. The number of rotatable bonds is 10. The minimum atomic E-state index is -1.33. The van der Waals surface area contributed by atoms with Crippen molar-refractivity contribution in [3.63, 3.8) is 0 Å². The summed E-state index contributed by atoms with van der Waals surface area (Å²) in [6, 6.07) is 30.8. The van der Waals surface area contributed by atoms with Crippen molar-refractivity contribution >= 4 is 75.7 Å². The molecule has 0 aliphatic carbocycles. The van der Waals surface area contributed by atoms with Crippen LogP contribution in [-0.4, -0.2) is 85.2 Å². The van der Waals surface area contributed by atoms with E-state index in [9.17, 15) is 9.59 Å². The third-order valence-electron chi connectivity index (χ3n) is 9.19. The van der Waals surface area contributed by atoms with Gasteiger partial charge in [0.25, 0.3) is 0 Å². The van der Waals surface area contributed by atoms with Gasteiger partial charge in [-0.1, -0.05) is 107 Å². The van der Waals surface area contributed by atoms with Gasteiger partial charge in [0.15, 0.2) is 0 Å². The molecule has 2 saturated heterocycles. The smallest absolute Gasteiger partial charge is 0.402 e. The Morgan fingerprint density at radius 3 is 1.23 bits per heavy atom. The van der Waals surface area contributed by atoms with Crippen molar-refractivity contribution in [2.75, 3.05) is 62.2 Å². The molecule has 2 unspecified atom stereocenters. The highest BCUT2D eigenvalue weighted by Gasteiger charge is 2.30. The Morgan fingerprint density at radius 1 is 0.566 bits per heavy atom. The maximum absolute atomic E-state index is 13.8. The Hall–Kier alpha value is -4.19. The first-order valence-corrected chi connectivity index (χ1v) is 18.7. The molecule has 4 aromatic carbocycles. The number of halogens is 4. The summed E-state index contributed by atoms with van der Waals surface area (Å²) < 4.78 is 6.81. The highest BCUT2D eigenvalue weighted by Crippen LogP contribution is 2.34. The van der Waals surface area contributed by atoms with Crippen molar-refractivity contribution in [3.8, 4) is 0 Å². The standard InChI is InChI=1S/C38H38Cl4N4O3.CH3NO2/c39-31-13-11-29(23-33(31)41)43-15-19-45(20-16-43)37(47)25-35(27-7-3-1-4-8-27)49-36(28-9-5-2-6-10-28)26-38(48)46-21-17-44(18-22-46)30-12-14-32(40)34(42)24-30;2-1(3)4/h1-14,23-24,35-36H,15-22,25-26H2;2H2,(H,3,4). The first-order valence-electron chi connectivity index (χ1n) is 17.2. The molecule has 0 spiro atoms. The molecule has 3 N–H and O–H groups in total. The number of primary amides is 1. The van der Waals surface area contributed by atoms with Crippen molar-refractivity contribution in [2.45, 2.75) is 25.0 Å². The van der Waals surface area contributed by atoms with E-state index >= 15 is 0 Å². The van der Waals surface area contributed by atoms with Crippen LogP contribution in [0.15, 0.2) is 97.1 Å². The highest BCUT2D eigenvalue weighted by molar-refractivity contribution is 6.42. The van der Waals surface area contributed by atoms with Crippen LogP contribution < -0.4 is 15.5 Å². The fourth-order valence-electron chi connectivity index (χ4n) is 6.39. The van der Waals surface area contributed by atoms with Gasteiger partial charge < -0.3 is 35.2 Å². The van der Waals surface area contributed by atoms with E-state index in [0.29, 0.717) is 72.4 Å². The third-order valence-corrected chi connectivity index (χ3v) is 10.7. The first kappa shape index (κ1) is 40.0. The highest BCUT2D eigenvalue weighted by atomic mass is 35.5. The molecule has 2 fully saturated rings. The molecule has 14 heteroatoms. The van der Waals surface area contributed by atoms with Crippen LogP contribution in [0.5, 0.6) is 0 Å². The summed E-state index contributed by atoms with van der Waals surface area (Å²) in [5, 5.41) is 9.25. The van der Waals surface area contributed by atoms with Crippen LogP contribution in [0.25, 0.3) is 0 Å². The number of carboxylic acid groups (broad SMARTS) is 1. The molecule has 0 aromatic heterocycles. The SMILES string of the molecule is NC(=O)O.O=C(CC(OC(CC(=O)N1CCN(c2ccc(Cl)c(Cl)c2)CC1)c1ccccc1)c1ccccc1)N1CCN(c2ccc(Cl)c(Cl)c2)CC1. The van der Waals surface area contributed by atoms with E-state index < -0.39 is 18.3 Å². The number of nitrogens with zero attached hydrogens (tertiary/aromatic N) is 4. The van der Waals surface area contributed by atoms with E-state index in [1.807, 2.05) is 94.7 Å². The largest absolute Gasteiger partial charge is 0.465 e. The lowest BCUT2D eigenvalue weighted by Crippen LogP contribution is -2.49. The van der Waals surface area contributed by atoms with Crippen LogP contribution >= 0.6 is 46.4 Å². The first-order chi connectivity index (χ1) is 25.5. The van der Waals surface area contributed by atoms with Gasteiger partial charge in [-0.15, -0.1) is 0 Å². The van der Waals surface area contributed by atoms with Gasteiger partial charge >= 0.3 is 6.09 Å². The normalized spacial score (nSPS) is 15.6. The average molecular weight is 802 g/mol. The molecule has 10 nitrogen and oxygen atoms in total. The number of benzene rings is 4. The summed E-state index contributed by atoms with van der Waals surface area (Å²) in [5.41, 5.74) is 7.79. The number of hydrogen-bond acceptors (Lipinski definition) is 6. The zero-order chi connectivity index (χ0) is 37.9. The van der Waals surface area contributed by atoms with Crippen LogP contribution in [0.4, 0.5) is 16.2 Å². The third kappa shape index (κ3) is 11.4. The maximum Gasteiger partial charge on any atom is 0.402 e. The van der Waals surface area contributed by atoms with Crippen molar-refractivity contribution in [1.82, 2.24) is 9.80 Å². The van der Waals surface area contributed by atoms with Gasteiger partial charge in [0, 0.05) is 63.7 Å². The molecule has 2 aliphatic heterocycles. The van der Waals surface area contributed by atoms with Crippen LogP contribution in [0.1, 0.15) is 36.2 Å². The van der Waals surface area contributed by atoms with Crippen LogP contribution in [0.3, 0.4) is 0 Å². The van der Waals surface area contributed by atoms with Crippen molar-refractivity contribution in [3.05, 3.63) is 128 Å². The van der Waals surface area contributed by atoms with Crippen LogP contribution in [0.2, 0.25) is 20.1 Å². The number of anilines is 2. The van der Waals surface area contributed by atoms with Gasteiger partial charge in [-0.2, -0.15) is 0 Å². The van der Waals surface area contributed by atoms with Gasteiger partial charge in [-0.05, 0) is 47.5 Å². The second kappa shape index (κ2) is 19.2. The van der Waals surface area contributed by atoms with E-state index in [4.69, 9.17) is 61.0 Å². The molecule has 0 bridgehead atoms. The van der Waals surface area contributed by atoms with Gasteiger partial charge in [-0.25, -0.2) is 4.79 Å². The Kier molecular flexibility index (Phi) is 14.5. The van der Waals surface area contributed by atoms with Crippen molar-refractivity contribution in [1.29, 1.82) is 0 Å². The maximum atomic E-state index is 13.8. The number of piperazine rings is 2. The second-order valence-corrected chi connectivity index (χ2v) is 14.2. The Bertz CT molecular complexity index is 1710. The van der Waals surface area contributed by atoms with Crippen molar-refractivity contribution < 1.29 is 24.2 Å². The average Bonchev–Trinajstić information content (AvgIpc) is 3.17. The van der Waals surface area contributed by atoms with Crippen molar-refractivity contribution in [2.24, 2.45) is 5.73 Å². The van der Waals surface area contributed by atoms with Gasteiger partial charge in [0.1, 0.15) is 0 Å². The van der Waals surface area contributed by atoms with Gasteiger partial charge in [-0.3, -0.25) is 9.59 Å². The topological polar surface area (TPSA) is 120 Å². The van der Waals surface area contributed by atoms with E-state index in [1.165, 1.54) is 0 Å². The molecule has 3 amide bonds. The number of hydrogen-bond donors (Lipinski definition) is 2. The van der Waals surface area contributed by atoms with E-state index in [1.54, 1.807) is 12.1 Å². The molecule has 2 aliphatic rings. The lowest BCUT2D eigenvalue weighted by Gasteiger charge is -2.37. The molecular weight excluding hydrogens is 760 g/mol. The lowest BCUT2D eigenvalue weighted by molar-refractivity contribution is -0.139. The van der Waals surface area contributed by atoms with Crippen LogP contribution in [0, 0.1) is 0 Å². The monoisotopic (exact) mass is 799 g/mol. The second-order valence-electron chi connectivity index (χ2n) is 12.6. The molecular formula is C39H41Cl4N5O5. The van der Waals surface area contributed by atoms with Gasteiger partial charge in [0.05, 0.1) is 45.1 Å². The van der Waals surface area contributed by atoms with Gasteiger partial charge in [0.2, 0.25) is 11.8 Å².